The second kappa shape index (κ2) is 10.1. The van der Waals surface area contributed by atoms with Crippen LogP contribution in [0.2, 0.25) is 0 Å². The highest BCUT2D eigenvalue weighted by atomic mass is 127. The zero-order valence-corrected chi connectivity index (χ0v) is 13.2. The Morgan fingerprint density at radius 2 is 2.22 bits per heavy atom. The van der Waals surface area contributed by atoms with Crippen LogP contribution in [-0.4, -0.2) is 42.9 Å². The minimum absolute atomic E-state index is 0. The predicted octanol–water partition coefficient (Wildman–Crippen LogP) is 0.698. The van der Waals surface area contributed by atoms with Gasteiger partial charge in [0.2, 0.25) is 5.89 Å². The van der Waals surface area contributed by atoms with E-state index in [1.807, 2.05) is 6.92 Å². The molecule has 104 valence electrons. The molecule has 8 heteroatoms. The molecule has 0 aliphatic rings. The minimum Gasteiger partial charge on any atom is -0.380 e. The van der Waals surface area contributed by atoms with Crippen molar-refractivity contribution in [1.29, 1.82) is 0 Å². The van der Waals surface area contributed by atoms with E-state index in [0.717, 1.165) is 6.61 Å². The van der Waals surface area contributed by atoms with E-state index < -0.39 is 0 Å². The van der Waals surface area contributed by atoms with Crippen LogP contribution in [0.5, 0.6) is 0 Å². The van der Waals surface area contributed by atoms with Gasteiger partial charge in [0.25, 0.3) is 0 Å². The summed E-state index contributed by atoms with van der Waals surface area (Å²) in [7, 11) is 1.70. The van der Waals surface area contributed by atoms with Gasteiger partial charge in [-0.25, -0.2) is 0 Å². The first kappa shape index (κ1) is 17.1. The predicted molar refractivity (Wildman–Crippen MR) is 79.1 cm³/mol. The maximum atomic E-state index is 5.21. The SMILES string of the molecule is CCOCCNC(=NC)NCc1nc(C)no1.I. The summed E-state index contributed by atoms with van der Waals surface area (Å²) < 4.78 is 10.2. The highest BCUT2D eigenvalue weighted by Gasteiger charge is 2.03. The van der Waals surface area contributed by atoms with Crippen LogP contribution in [0.1, 0.15) is 18.6 Å². The van der Waals surface area contributed by atoms with Gasteiger partial charge in [0.05, 0.1) is 13.2 Å². The van der Waals surface area contributed by atoms with Crippen LogP contribution in [0.25, 0.3) is 0 Å². The molecule has 0 atom stereocenters. The number of nitrogens with zero attached hydrogens (tertiary/aromatic N) is 3. The number of halogens is 1. The smallest absolute Gasteiger partial charge is 0.246 e. The Bertz CT molecular complexity index is 356. The summed E-state index contributed by atoms with van der Waals surface area (Å²) in [6, 6.07) is 0. The summed E-state index contributed by atoms with van der Waals surface area (Å²) in [6.07, 6.45) is 0. The maximum Gasteiger partial charge on any atom is 0.246 e. The van der Waals surface area contributed by atoms with Gasteiger partial charge in [-0.3, -0.25) is 4.99 Å². The lowest BCUT2D eigenvalue weighted by molar-refractivity contribution is 0.152. The van der Waals surface area contributed by atoms with Gasteiger partial charge in [-0.15, -0.1) is 24.0 Å². The van der Waals surface area contributed by atoms with Crippen molar-refractivity contribution in [2.75, 3.05) is 26.8 Å². The van der Waals surface area contributed by atoms with Crippen LogP contribution in [0.3, 0.4) is 0 Å². The number of aliphatic imine (C=N–C) groups is 1. The topological polar surface area (TPSA) is 84.6 Å². The molecule has 1 heterocycles. The molecule has 0 amide bonds. The molecule has 0 aliphatic carbocycles. The van der Waals surface area contributed by atoms with Crippen molar-refractivity contribution in [1.82, 2.24) is 20.8 Å². The molecule has 0 radical (unpaired) electrons. The average molecular weight is 369 g/mol. The van der Waals surface area contributed by atoms with Gasteiger partial charge in [-0.05, 0) is 13.8 Å². The van der Waals surface area contributed by atoms with Crippen LogP contribution >= 0.6 is 24.0 Å². The van der Waals surface area contributed by atoms with Crippen molar-refractivity contribution in [3.05, 3.63) is 11.7 Å². The molecule has 18 heavy (non-hydrogen) atoms. The van der Waals surface area contributed by atoms with Crippen molar-refractivity contribution >= 4 is 29.9 Å². The van der Waals surface area contributed by atoms with Gasteiger partial charge >= 0.3 is 0 Å². The van der Waals surface area contributed by atoms with Gasteiger partial charge in [0.1, 0.15) is 0 Å². The molecule has 0 bridgehead atoms. The Balaban J connectivity index is 0.00000289. The molecular formula is C10H20IN5O2. The molecule has 7 nitrogen and oxygen atoms in total. The molecule has 0 aromatic carbocycles. The number of rotatable bonds is 6. The molecule has 1 aromatic heterocycles. The average Bonchev–Trinajstić information content (AvgIpc) is 2.74. The van der Waals surface area contributed by atoms with Gasteiger partial charge in [-0.1, -0.05) is 5.16 Å². The molecule has 0 spiro atoms. The van der Waals surface area contributed by atoms with Crippen molar-refractivity contribution in [3.63, 3.8) is 0 Å². The first-order valence-corrected chi connectivity index (χ1v) is 5.57. The summed E-state index contributed by atoms with van der Waals surface area (Å²) in [5, 5.41) is 9.87. The Morgan fingerprint density at radius 1 is 1.44 bits per heavy atom. The van der Waals surface area contributed by atoms with E-state index in [1.165, 1.54) is 0 Å². The molecule has 0 saturated carbocycles. The van der Waals surface area contributed by atoms with Gasteiger partial charge < -0.3 is 19.9 Å². The molecule has 0 saturated heterocycles. The number of ether oxygens (including phenoxy) is 1. The van der Waals surface area contributed by atoms with Crippen molar-refractivity contribution in [3.8, 4) is 0 Å². The minimum atomic E-state index is 0. The van der Waals surface area contributed by atoms with E-state index in [-0.39, 0.29) is 24.0 Å². The lowest BCUT2D eigenvalue weighted by Gasteiger charge is -2.09. The number of guanidine groups is 1. The number of aryl methyl sites for hydroxylation is 1. The van der Waals surface area contributed by atoms with E-state index >= 15 is 0 Å². The van der Waals surface area contributed by atoms with Crippen LogP contribution < -0.4 is 10.6 Å². The zero-order chi connectivity index (χ0) is 12.5. The second-order valence-corrected chi connectivity index (χ2v) is 3.28. The molecule has 1 aromatic rings. The Labute approximate surface area is 124 Å². The van der Waals surface area contributed by atoms with Crippen molar-refractivity contribution in [2.24, 2.45) is 4.99 Å². The van der Waals surface area contributed by atoms with E-state index in [0.29, 0.717) is 37.4 Å². The fourth-order valence-electron chi connectivity index (χ4n) is 1.18. The monoisotopic (exact) mass is 369 g/mol. The van der Waals surface area contributed by atoms with E-state index in [9.17, 15) is 0 Å². The second-order valence-electron chi connectivity index (χ2n) is 3.28. The third kappa shape index (κ3) is 6.74. The first-order chi connectivity index (χ1) is 8.26. The lowest BCUT2D eigenvalue weighted by Crippen LogP contribution is -2.38. The summed E-state index contributed by atoms with van der Waals surface area (Å²) >= 11 is 0. The summed E-state index contributed by atoms with van der Waals surface area (Å²) in [5.41, 5.74) is 0. The van der Waals surface area contributed by atoms with E-state index in [4.69, 9.17) is 9.26 Å². The standard InChI is InChI=1S/C10H19N5O2.HI/c1-4-16-6-5-12-10(11-3)13-7-9-14-8(2)15-17-9;/h4-7H2,1-3H3,(H2,11,12,13);1H. The molecule has 1 rings (SSSR count). The maximum absolute atomic E-state index is 5.21. The Morgan fingerprint density at radius 3 is 2.78 bits per heavy atom. The summed E-state index contributed by atoms with van der Waals surface area (Å²) in [6.45, 7) is 6.27. The third-order valence-electron chi connectivity index (χ3n) is 1.94. The van der Waals surface area contributed by atoms with E-state index in [1.54, 1.807) is 14.0 Å². The Hall–Kier alpha value is -0.900. The van der Waals surface area contributed by atoms with Gasteiger partial charge in [0.15, 0.2) is 11.8 Å². The van der Waals surface area contributed by atoms with Crippen molar-refractivity contribution < 1.29 is 9.26 Å². The largest absolute Gasteiger partial charge is 0.380 e. The fraction of sp³-hybridized carbons (Fsp3) is 0.700. The molecule has 0 unspecified atom stereocenters. The highest BCUT2D eigenvalue weighted by Crippen LogP contribution is 1.94. The third-order valence-corrected chi connectivity index (χ3v) is 1.94. The van der Waals surface area contributed by atoms with Crippen molar-refractivity contribution in [2.45, 2.75) is 20.4 Å². The quantitative estimate of drug-likeness (QED) is 0.332. The lowest BCUT2D eigenvalue weighted by atomic mass is 10.6. The zero-order valence-electron chi connectivity index (χ0n) is 10.9. The molecule has 0 aliphatic heterocycles. The number of hydrogen-bond acceptors (Lipinski definition) is 5. The van der Waals surface area contributed by atoms with Crippen LogP contribution in [0, 0.1) is 6.92 Å². The number of aromatic nitrogens is 2. The van der Waals surface area contributed by atoms with Gasteiger partial charge in [0, 0.05) is 20.2 Å². The summed E-state index contributed by atoms with van der Waals surface area (Å²) in [4.78, 5) is 8.14. The van der Waals surface area contributed by atoms with Gasteiger partial charge in [-0.2, -0.15) is 4.98 Å². The molecule has 0 fully saturated rings. The number of hydrogen-bond donors (Lipinski definition) is 2. The van der Waals surface area contributed by atoms with Crippen LogP contribution in [0.15, 0.2) is 9.52 Å². The highest BCUT2D eigenvalue weighted by molar-refractivity contribution is 14.0. The first-order valence-electron chi connectivity index (χ1n) is 5.57. The molecule has 2 N–H and O–H groups in total. The Kier molecular flexibility index (Phi) is 9.56. The van der Waals surface area contributed by atoms with E-state index in [2.05, 4.69) is 25.8 Å². The van der Waals surface area contributed by atoms with Crippen LogP contribution in [0.4, 0.5) is 0 Å². The van der Waals surface area contributed by atoms with Crippen LogP contribution in [-0.2, 0) is 11.3 Å². The summed E-state index contributed by atoms with van der Waals surface area (Å²) in [5.74, 6) is 1.84. The normalized spacial score (nSPS) is 10.9. The molecular weight excluding hydrogens is 349 g/mol. The fourth-order valence-corrected chi connectivity index (χ4v) is 1.18. The number of nitrogens with one attached hydrogen (secondary N) is 2.